The van der Waals surface area contributed by atoms with Crippen molar-refractivity contribution in [1.29, 1.82) is 0 Å². The number of hydrogen-bond acceptors (Lipinski definition) is 11. The highest BCUT2D eigenvalue weighted by molar-refractivity contribution is 5.85. The fourth-order valence-electron chi connectivity index (χ4n) is 10.4. The third kappa shape index (κ3) is 3.47. The Labute approximate surface area is 233 Å². The lowest BCUT2D eigenvalue weighted by atomic mass is 9.42. The third-order valence-electron chi connectivity index (χ3n) is 12.5. The molecule has 0 radical (unpaired) electrons. The number of aliphatic hydroxyl groups excluding tert-OH is 4. The Bertz CT molecular complexity index is 1080. The van der Waals surface area contributed by atoms with Crippen LogP contribution in [0.15, 0.2) is 11.6 Å². The molecule has 3 unspecified atom stereocenters. The highest BCUT2D eigenvalue weighted by Crippen LogP contribution is 2.70. The number of rotatable bonds is 3. The van der Waals surface area contributed by atoms with Gasteiger partial charge in [-0.2, -0.15) is 0 Å². The van der Waals surface area contributed by atoms with E-state index in [0.717, 1.165) is 18.4 Å². The molecule has 2 saturated heterocycles. The van der Waals surface area contributed by atoms with Gasteiger partial charge in [0.2, 0.25) is 12.1 Å². The molecule has 11 nitrogen and oxygen atoms in total. The summed E-state index contributed by atoms with van der Waals surface area (Å²) in [5, 5.41) is 66.9. The van der Waals surface area contributed by atoms with Gasteiger partial charge in [-0.1, -0.05) is 6.92 Å². The zero-order chi connectivity index (χ0) is 28.2. The molecule has 0 bridgehead atoms. The predicted molar refractivity (Wildman–Crippen MR) is 135 cm³/mol. The first-order chi connectivity index (χ1) is 19.0. The molecule has 4 aliphatic carbocycles. The maximum Gasteiger partial charge on any atom is 0.331 e. The summed E-state index contributed by atoms with van der Waals surface area (Å²) in [6.07, 6.45) is 0.297. The van der Waals surface area contributed by atoms with Crippen LogP contribution in [-0.2, 0) is 23.7 Å². The van der Waals surface area contributed by atoms with E-state index >= 15 is 0 Å². The molecule has 0 aromatic carbocycles. The number of cyclic esters (lactones) is 1. The highest BCUT2D eigenvalue weighted by Gasteiger charge is 2.72. The summed E-state index contributed by atoms with van der Waals surface area (Å²) in [5.41, 5.74) is -1.88. The van der Waals surface area contributed by atoms with Crippen LogP contribution >= 0.6 is 0 Å². The Morgan fingerprint density at radius 3 is 2.48 bits per heavy atom. The quantitative estimate of drug-likeness (QED) is 0.196. The van der Waals surface area contributed by atoms with Gasteiger partial charge in [-0.15, -0.1) is 0 Å². The lowest BCUT2D eigenvalue weighted by Crippen LogP contribution is -2.72. The van der Waals surface area contributed by atoms with Crippen molar-refractivity contribution < 1.29 is 54.4 Å². The summed E-state index contributed by atoms with van der Waals surface area (Å²) in [6.45, 7) is 1.67. The average molecular weight is 567 g/mol. The summed E-state index contributed by atoms with van der Waals surface area (Å²) < 4.78 is 23.3. The van der Waals surface area contributed by atoms with E-state index < -0.39 is 59.0 Å². The van der Waals surface area contributed by atoms with Crippen LogP contribution in [0.2, 0.25) is 0 Å². The van der Waals surface area contributed by atoms with Crippen molar-refractivity contribution in [2.75, 3.05) is 19.8 Å². The summed E-state index contributed by atoms with van der Waals surface area (Å²) >= 11 is 0. The van der Waals surface area contributed by atoms with Crippen LogP contribution in [0.5, 0.6) is 0 Å². The number of ether oxygens (including phenoxy) is 4. The van der Waals surface area contributed by atoms with Crippen molar-refractivity contribution in [2.45, 2.75) is 106 Å². The summed E-state index contributed by atoms with van der Waals surface area (Å²) in [4.78, 5) is 11.9. The van der Waals surface area contributed by atoms with Gasteiger partial charge in [-0.3, -0.25) is 0 Å². The van der Waals surface area contributed by atoms with E-state index in [1.807, 2.05) is 6.92 Å². The van der Waals surface area contributed by atoms with E-state index in [1.54, 1.807) is 0 Å². The van der Waals surface area contributed by atoms with E-state index in [2.05, 4.69) is 0 Å². The summed E-state index contributed by atoms with van der Waals surface area (Å²) in [6, 6.07) is 0. The van der Waals surface area contributed by atoms with E-state index in [9.17, 15) is 35.4 Å². The molecule has 0 aromatic rings. The fraction of sp³-hybridized carbons (Fsp3) is 0.897. The molecule has 4 saturated carbocycles. The molecule has 14 atom stereocenters. The van der Waals surface area contributed by atoms with Crippen LogP contribution in [0.3, 0.4) is 0 Å². The minimum absolute atomic E-state index is 0.00520. The summed E-state index contributed by atoms with van der Waals surface area (Å²) in [7, 11) is 0. The van der Waals surface area contributed by atoms with Crippen molar-refractivity contribution in [3.8, 4) is 0 Å². The molecule has 3 aliphatic heterocycles. The number of hydrogen-bond donors (Lipinski definition) is 6. The van der Waals surface area contributed by atoms with Gasteiger partial charge in [0.05, 0.1) is 36.6 Å². The van der Waals surface area contributed by atoms with Crippen molar-refractivity contribution in [3.05, 3.63) is 11.6 Å². The monoisotopic (exact) mass is 566 g/mol. The molecule has 0 spiro atoms. The maximum atomic E-state index is 12.5. The van der Waals surface area contributed by atoms with Gasteiger partial charge >= 0.3 is 5.97 Å². The first-order valence-electron chi connectivity index (χ1n) is 14.9. The molecule has 0 aromatic heterocycles. The number of fused-ring (bicyclic) bond motifs is 7. The Morgan fingerprint density at radius 2 is 1.77 bits per heavy atom. The Kier molecular flexibility index (Phi) is 6.35. The number of carbonyl (C=O) groups is 1. The number of carbonyl (C=O) groups excluding carboxylic acids is 1. The topological polar surface area (TPSA) is 175 Å². The van der Waals surface area contributed by atoms with Crippen LogP contribution in [-0.4, -0.2) is 105 Å². The zero-order valence-corrected chi connectivity index (χ0v) is 22.9. The Balaban J connectivity index is 1.19. The maximum absolute atomic E-state index is 12.5. The highest BCUT2D eigenvalue weighted by atomic mass is 16.8. The second kappa shape index (κ2) is 9.17. The van der Waals surface area contributed by atoms with Gasteiger partial charge in [0.1, 0.15) is 12.7 Å². The van der Waals surface area contributed by atoms with E-state index in [-0.39, 0.29) is 55.9 Å². The van der Waals surface area contributed by atoms with Gasteiger partial charge in [-0.25, -0.2) is 4.79 Å². The van der Waals surface area contributed by atoms with Crippen molar-refractivity contribution >= 4 is 5.97 Å². The van der Waals surface area contributed by atoms with E-state index in [1.165, 1.54) is 6.08 Å². The Morgan fingerprint density at radius 1 is 0.975 bits per heavy atom. The average Bonchev–Trinajstić information content (AvgIpc) is 3.48. The van der Waals surface area contributed by atoms with Crippen molar-refractivity contribution in [1.82, 2.24) is 0 Å². The Hall–Kier alpha value is -1.15. The largest absolute Gasteiger partial charge is 0.458 e. The van der Waals surface area contributed by atoms with Crippen LogP contribution in [0.4, 0.5) is 0 Å². The molecule has 7 rings (SSSR count). The molecule has 6 N–H and O–H groups in total. The van der Waals surface area contributed by atoms with Crippen molar-refractivity contribution in [2.24, 2.45) is 34.5 Å². The molecule has 7 aliphatic rings. The summed E-state index contributed by atoms with van der Waals surface area (Å²) in [5.74, 6) is -2.97. The molecule has 3 heterocycles. The molecule has 11 heteroatoms. The smallest absolute Gasteiger partial charge is 0.331 e. The normalized spacial score (nSPS) is 57.2. The molecular weight excluding hydrogens is 524 g/mol. The van der Waals surface area contributed by atoms with Gasteiger partial charge in [-0.05, 0) is 74.2 Å². The lowest BCUT2D eigenvalue weighted by Gasteiger charge is -2.66. The van der Waals surface area contributed by atoms with Gasteiger partial charge in [0.25, 0.3) is 0 Å². The van der Waals surface area contributed by atoms with Crippen LogP contribution in [0.1, 0.15) is 58.3 Å². The third-order valence-corrected chi connectivity index (χ3v) is 12.5. The zero-order valence-electron chi connectivity index (χ0n) is 22.9. The molecule has 40 heavy (non-hydrogen) atoms. The predicted octanol–water partition coefficient (Wildman–Crippen LogP) is -0.263. The van der Waals surface area contributed by atoms with Gasteiger partial charge in [0, 0.05) is 29.9 Å². The standard InChI is InChI=1S/C29H42O11/c1-26-17(14-6-24(34)37-12-14)4-5-28(26,35)18-3-2-15-7-20-21(10-27(15,13-31)19(18)9-22(26)32)40-29(36)23(33)8-16(11-30)38-25(29)39-20/h6,15-23,25,30-33,35-36H,2-5,7-13H2,1H3/t15?,16-,17-,18?,19?,20-,21+,22-,23-,25-,26+,27-,28+,29-/m1/s1. The number of esters is 1. The van der Waals surface area contributed by atoms with Crippen molar-refractivity contribution in [3.63, 3.8) is 0 Å². The first kappa shape index (κ1) is 27.7. The van der Waals surface area contributed by atoms with Gasteiger partial charge in [0.15, 0.2) is 0 Å². The fourth-order valence-corrected chi connectivity index (χ4v) is 10.4. The second-order valence-corrected chi connectivity index (χ2v) is 13.8. The van der Waals surface area contributed by atoms with Crippen LogP contribution in [0, 0.1) is 34.5 Å². The van der Waals surface area contributed by atoms with E-state index in [0.29, 0.717) is 32.1 Å². The minimum atomic E-state index is -2.10. The minimum Gasteiger partial charge on any atom is -0.458 e. The van der Waals surface area contributed by atoms with E-state index in [4.69, 9.17) is 18.9 Å². The number of aliphatic hydroxyl groups is 6. The van der Waals surface area contributed by atoms with Crippen LogP contribution < -0.4 is 0 Å². The second-order valence-electron chi connectivity index (χ2n) is 13.8. The lowest BCUT2D eigenvalue weighted by molar-refractivity contribution is -0.461. The SMILES string of the molecule is C[C@]12[C@H](O)CC3C(CCC4C[C@H]5O[C@H]6O[C@@H](CO)C[C@@H](O)[C@@]6(O)O[C@H]5C[C@@]43CO)[C@@]1(O)CC[C@@H]2C1=CC(=O)OC1. The molecular formula is C29H42O11. The van der Waals surface area contributed by atoms with Gasteiger partial charge < -0.3 is 49.6 Å². The van der Waals surface area contributed by atoms with Crippen LogP contribution in [0.25, 0.3) is 0 Å². The molecule has 6 fully saturated rings. The first-order valence-corrected chi connectivity index (χ1v) is 14.9. The molecule has 0 amide bonds. The molecule has 224 valence electrons.